The molecule has 2 aromatic rings. The zero-order chi connectivity index (χ0) is 16.7. The van der Waals surface area contributed by atoms with Gasteiger partial charge in [-0.05, 0) is 43.3 Å². The van der Waals surface area contributed by atoms with E-state index in [1.807, 2.05) is 25.1 Å². The van der Waals surface area contributed by atoms with Crippen LogP contribution in [0.1, 0.15) is 29.4 Å². The van der Waals surface area contributed by atoms with Crippen LogP contribution in [-0.4, -0.2) is 31.9 Å². The molecule has 0 radical (unpaired) electrons. The number of hydrogen-bond acceptors (Lipinski definition) is 4. The Bertz CT molecular complexity index is 799. The molecular weight excluding hydrogens is 342 g/mol. The van der Waals surface area contributed by atoms with Gasteiger partial charge >= 0.3 is 0 Å². The fourth-order valence-corrected chi connectivity index (χ4v) is 6.45. The molecule has 2 saturated heterocycles. The van der Waals surface area contributed by atoms with Crippen molar-refractivity contribution in [1.82, 2.24) is 4.31 Å². The Hall–Kier alpha value is -1.21. The van der Waals surface area contributed by atoms with E-state index >= 15 is 0 Å². The number of ether oxygens (including phenoxy) is 1. The Balaban J connectivity index is 1.63. The third-order valence-electron chi connectivity index (χ3n) is 5.10. The van der Waals surface area contributed by atoms with Gasteiger partial charge in [-0.1, -0.05) is 23.8 Å². The molecule has 3 heterocycles. The molecule has 0 aliphatic carbocycles. The van der Waals surface area contributed by atoms with Crippen molar-refractivity contribution >= 4 is 21.4 Å². The summed E-state index contributed by atoms with van der Waals surface area (Å²) in [6.45, 7) is 3.16. The van der Waals surface area contributed by atoms with Gasteiger partial charge in [-0.15, -0.1) is 11.3 Å². The summed E-state index contributed by atoms with van der Waals surface area (Å²) in [5.41, 5.74) is 1.07. The second-order valence-electron chi connectivity index (χ2n) is 6.54. The lowest BCUT2D eigenvalue weighted by Gasteiger charge is -2.36. The molecule has 2 aliphatic rings. The lowest BCUT2D eigenvalue weighted by Crippen LogP contribution is -2.42. The third kappa shape index (κ3) is 2.71. The summed E-state index contributed by atoms with van der Waals surface area (Å²) in [6, 6.07) is 11.3. The number of nitrogens with zero attached hydrogens (tertiary/aromatic N) is 1. The molecule has 0 N–H and O–H groups in total. The van der Waals surface area contributed by atoms with Crippen LogP contribution >= 0.6 is 11.3 Å². The third-order valence-corrected chi connectivity index (χ3v) is 7.97. The maximum Gasteiger partial charge on any atom is 0.243 e. The highest BCUT2D eigenvalue weighted by Crippen LogP contribution is 2.45. The van der Waals surface area contributed by atoms with Crippen LogP contribution in [0.25, 0.3) is 0 Å². The van der Waals surface area contributed by atoms with Crippen LogP contribution < -0.4 is 0 Å². The van der Waals surface area contributed by atoms with Crippen LogP contribution in [0.15, 0.2) is 46.7 Å². The Morgan fingerprint density at radius 3 is 2.67 bits per heavy atom. The van der Waals surface area contributed by atoms with E-state index in [0.717, 1.165) is 18.4 Å². The molecule has 0 saturated carbocycles. The summed E-state index contributed by atoms with van der Waals surface area (Å²) in [5, 5.41) is 2.05. The van der Waals surface area contributed by atoms with E-state index in [2.05, 4.69) is 11.4 Å². The number of sulfonamides is 1. The van der Waals surface area contributed by atoms with E-state index in [1.165, 1.54) is 4.88 Å². The smallest absolute Gasteiger partial charge is 0.243 e. The molecule has 6 heteroatoms. The summed E-state index contributed by atoms with van der Waals surface area (Å²) in [5.74, 6) is 0.248. The zero-order valence-electron chi connectivity index (χ0n) is 13.6. The summed E-state index contributed by atoms with van der Waals surface area (Å²) >= 11 is 1.69. The number of hydrogen-bond donors (Lipinski definition) is 0. The number of benzene rings is 1. The zero-order valence-corrected chi connectivity index (χ0v) is 15.2. The molecule has 2 aliphatic heterocycles. The molecule has 1 aromatic heterocycles. The standard InChI is InChI=1S/C18H21NO3S2/c1-13-4-6-14(7-5-13)24(20,21)19-10-8-15-16(19)9-11-22-18(15)17-3-2-12-23-17/h2-7,12,15-16,18H,8-11H2,1H3/t15-,16-,18+/m0/s1. The molecular formula is C18H21NO3S2. The van der Waals surface area contributed by atoms with Gasteiger partial charge in [-0.3, -0.25) is 0 Å². The van der Waals surface area contributed by atoms with E-state index in [-0.39, 0.29) is 18.1 Å². The van der Waals surface area contributed by atoms with Gasteiger partial charge in [0, 0.05) is 30.0 Å². The van der Waals surface area contributed by atoms with Gasteiger partial charge in [0.2, 0.25) is 10.0 Å². The molecule has 1 aromatic carbocycles. The van der Waals surface area contributed by atoms with E-state index < -0.39 is 10.0 Å². The Morgan fingerprint density at radius 2 is 1.96 bits per heavy atom. The van der Waals surface area contributed by atoms with E-state index in [9.17, 15) is 8.42 Å². The maximum atomic E-state index is 13.1. The average molecular weight is 364 g/mol. The highest BCUT2D eigenvalue weighted by Gasteiger charge is 2.47. The molecule has 4 nitrogen and oxygen atoms in total. The van der Waals surface area contributed by atoms with E-state index in [1.54, 1.807) is 27.8 Å². The molecule has 24 heavy (non-hydrogen) atoms. The summed E-state index contributed by atoms with van der Waals surface area (Å²) in [7, 11) is -3.44. The molecule has 128 valence electrons. The molecule has 0 unspecified atom stereocenters. The van der Waals surface area contributed by atoms with Crippen molar-refractivity contribution < 1.29 is 13.2 Å². The minimum absolute atomic E-state index is 0.0296. The van der Waals surface area contributed by atoms with Gasteiger partial charge in [-0.2, -0.15) is 4.31 Å². The first-order valence-corrected chi connectivity index (χ1v) is 10.6. The number of rotatable bonds is 3. The lowest BCUT2D eigenvalue weighted by atomic mass is 9.89. The van der Waals surface area contributed by atoms with Gasteiger partial charge < -0.3 is 4.74 Å². The lowest BCUT2D eigenvalue weighted by molar-refractivity contribution is -0.0390. The largest absolute Gasteiger partial charge is 0.372 e. The number of aryl methyl sites for hydroxylation is 1. The van der Waals surface area contributed by atoms with Crippen LogP contribution in [0.5, 0.6) is 0 Å². The highest BCUT2D eigenvalue weighted by atomic mass is 32.2. The van der Waals surface area contributed by atoms with Crippen LogP contribution in [0.3, 0.4) is 0 Å². The monoisotopic (exact) mass is 363 g/mol. The van der Waals surface area contributed by atoms with Crippen LogP contribution in [0, 0.1) is 12.8 Å². The second kappa shape index (κ2) is 6.26. The SMILES string of the molecule is Cc1ccc(S(=O)(=O)N2CC[C@@H]3[C@H](c4cccs4)OCC[C@@H]32)cc1. The normalized spacial score (nSPS) is 28.0. The van der Waals surface area contributed by atoms with Crippen LogP contribution in [-0.2, 0) is 14.8 Å². The van der Waals surface area contributed by atoms with Gasteiger partial charge in [-0.25, -0.2) is 8.42 Å². The van der Waals surface area contributed by atoms with Gasteiger partial charge in [0.05, 0.1) is 11.0 Å². The van der Waals surface area contributed by atoms with Crippen molar-refractivity contribution in [2.45, 2.75) is 36.8 Å². The van der Waals surface area contributed by atoms with Crippen molar-refractivity contribution in [2.24, 2.45) is 5.92 Å². The van der Waals surface area contributed by atoms with E-state index in [0.29, 0.717) is 18.0 Å². The van der Waals surface area contributed by atoms with Crippen molar-refractivity contribution in [3.63, 3.8) is 0 Å². The Kier molecular flexibility index (Phi) is 4.24. The highest BCUT2D eigenvalue weighted by molar-refractivity contribution is 7.89. The molecule has 3 atom stereocenters. The van der Waals surface area contributed by atoms with Gasteiger partial charge in [0.15, 0.2) is 0 Å². The first-order chi connectivity index (χ1) is 11.6. The van der Waals surface area contributed by atoms with Gasteiger partial charge in [0.1, 0.15) is 0 Å². The number of thiophene rings is 1. The van der Waals surface area contributed by atoms with Crippen LogP contribution in [0.4, 0.5) is 0 Å². The summed E-state index contributed by atoms with van der Waals surface area (Å²) in [6.07, 6.45) is 1.66. The van der Waals surface area contributed by atoms with E-state index in [4.69, 9.17) is 4.74 Å². The maximum absolute atomic E-state index is 13.1. The molecule has 0 spiro atoms. The molecule has 2 fully saturated rings. The molecule has 4 rings (SSSR count). The fourth-order valence-electron chi connectivity index (χ4n) is 3.89. The summed E-state index contributed by atoms with van der Waals surface area (Å²) < 4.78 is 33.9. The minimum Gasteiger partial charge on any atom is -0.372 e. The van der Waals surface area contributed by atoms with Crippen molar-refractivity contribution in [3.8, 4) is 0 Å². The summed E-state index contributed by atoms with van der Waals surface area (Å²) in [4.78, 5) is 1.60. The fraction of sp³-hybridized carbons (Fsp3) is 0.444. The quantitative estimate of drug-likeness (QED) is 0.837. The second-order valence-corrected chi connectivity index (χ2v) is 9.41. The Morgan fingerprint density at radius 1 is 1.17 bits per heavy atom. The Labute approximate surface area is 147 Å². The molecule has 0 amide bonds. The number of fused-ring (bicyclic) bond motifs is 1. The van der Waals surface area contributed by atoms with Crippen molar-refractivity contribution in [1.29, 1.82) is 0 Å². The predicted molar refractivity (Wildman–Crippen MR) is 94.6 cm³/mol. The van der Waals surface area contributed by atoms with Gasteiger partial charge in [0.25, 0.3) is 0 Å². The average Bonchev–Trinajstić information content (AvgIpc) is 3.25. The molecule has 0 bridgehead atoms. The topological polar surface area (TPSA) is 46.6 Å². The van der Waals surface area contributed by atoms with Crippen molar-refractivity contribution in [2.75, 3.05) is 13.2 Å². The first kappa shape index (κ1) is 16.3. The predicted octanol–water partition coefficient (Wildman–Crippen LogP) is 3.60. The van der Waals surface area contributed by atoms with Crippen LogP contribution in [0.2, 0.25) is 0 Å². The first-order valence-electron chi connectivity index (χ1n) is 8.31. The minimum atomic E-state index is -3.44. The van der Waals surface area contributed by atoms with Crippen molar-refractivity contribution in [3.05, 3.63) is 52.2 Å².